The Morgan fingerprint density at radius 1 is 1.12 bits per heavy atom. The first-order chi connectivity index (χ1) is 12.8. The fourth-order valence-corrected chi connectivity index (χ4v) is 4.99. The molecule has 0 saturated carbocycles. The third-order valence-corrected chi connectivity index (χ3v) is 6.46. The van der Waals surface area contributed by atoms with Crippen molar-refractivity contribution in [1.29, 1.82) is 0 Å². The normalized spacial score (nSPS) is 14.7. The van der Waals surface area contributed by atoms with E-state index in [2.05, 4.69) is 53.5 Å². The zero-order chi connectivity index (χ0) is 17.8. The van der Waals surface area contributed by atoms with E-state index in [1.54, 1.807) is 11.3 Å². The molecule has 1 N–H and O–H groups in total. The Morgan fingerprint density at radius 3 is 2.73 bits per heavy atom. The van der Waals surface area contributed by atoms with E-state index in [1.807, 2.05) is 11.8 Å². The average molecular weight is 385 g/mol. The number of fused-ring (bicyclic) bond motifs is 1. The molecule has 0 bridgehead atoms. The van der Waals surface area contributed by atoms with Crippen molar-refractivity contribution in [3.05, 3.63) is 46.8 Å². The van der Waals surface area contributed by atoms with Crippen LogP contribution in [0.3, 0.4) is 0 Å². The Bertz CT molecular complexity index is 857. The van der Waals surface area contributed by atoms with Gasteiger partial charge in [-0.2, -0.15) is 16.7 Å². The summed E-state index contributed by atoms with van der Waals surface area (Å²) >= 11 is 3.77. The van der Waals surface area contributed by atoms with Crippen molar-refractivity contribution in [2.24, 2.45) is 0 Å². The van der Waals surface area contributed by atoms with Gasteiger partial charge in [0.15, 0.2) is 0 Å². The van der Waals surface area contributed by atoms with Crippen LogP contribution in [0.5, 0.6) is 0 Å². The summed E-state index contributed by atoms with van der Waals surface area (Å²) in [6.07, 6.45) is 2.18. The van der Waals surface area contributed by atoms with Gasteiger partial charge in [-0.25, -0.2) is 4.98 Å². The number of thioether (sulfide) groups is 1. The van der Waals surface area contributed by atoms with Crippen molar-refractivity contribution in [2.45, 2.75) is 19.8 Å². The summed E-state index contributed by atoms with van der Waals surface area (Å²) in [6, 6.07) is 12.9. The van der Waals surface area contributed by atoms with Gasteiger partial charge in [0.05, 0.1) is 5.39 Å². The van der Waals surface area contributed by atoms with Crippen LogP contribution >= 0.6 is 23.1 Å². The quantitative estimate of drug-likeness (QED) is 0.629. The molecule has 1 aliphatic heterocycles. The molecule has 1 aromatic carbocycles. The first-order valence-electron chi connectivity index (χ1n) is 9.18. The minimum absolute atomic E-state index is 0.880. The molecule has 6 heteroatoms. The molecule has 1 saturated heterocycles. The fraction of sp³-hybridized carbons (Fsp3) is 0.400. The second kappa shape index (κ2) is 8.27. The van der Waals surface area contributed by atoms with Crippen molar-refractivity contribution in [2.75, 3.05) is 41.4 Å². The SMILES string of the molecule is Cc1cc2c(NCCCc3ccccc3)nc(N3CCSCC3)nc2s1. The van der Waals surface area contributed by atoms with E-state index in [4.69, 9.17) is 9.97 Å². The summed E-state index contributed by atoms with van der Waals surface area (Å²) in [6.45, 7) is 5.13. The minimum atomic E-state index is 0.880. The first kappa shape index (κ1) is 17.6. The van der Waals surface area contributed by atoms with Crippen LogP contribution in [-0.2, 0) is 6.42 Å². The summed E-state index contributed by atoms with van der Waals surface area (Å²) in [5, 5.41) is 4.73. The molecule has 0 unspecified atom stereocenters. The van der Waals surface area contributed by atoms with Gasteiger partial charge in [-0.05, 0) is 31.4 Å². The maximum Gasteiger partial charge on any atom is 0.228 e. The molecular formula is C20H24N4S2. The summed E-state index contributed by atoms with van der Waals surface area (Å²) in [5.41, 5.74) is 1.39. The van der Waals surface area contributed by atoms with Crippen molar-refractivity contribution in [3.8, 4) is 0 Å². The highest BCUT2D eigenvalue weighted by molar-refractivity contribution is 7.99. The topological polar surface area (TPSA) is 41.1 Å². The molecule has 0 atom stereocenters. The molecule has 4 nitrogen and oxygen atoms in total. The fourth-order valence-electron chi connectivity index (χ4n) is 3.21. The lowest BCUT2D eigenvalue weighted by Gasteiger charge is -2.26. The lowest BCUT2D eigenvalue weighted by atomic mass is 10.1. The number of hydrogen-bond acceptors (Lipinski definition) is 6. The van der Waals surface area contributed by atoms with Crippen LogP contribution in [0.15, 0.2) is 36.4 Å². The molecular weight excluding hydrogens is 360 g/mol. The lowest BCUT2D eigenvalue weighted by Crippen LogP contribution is -2.33. The third-order valence-electron chi connectivity index (χ3n) is 4.58. The summed E-state index contributed by atoms with van der Waals surface area (Å²) in [4.78, 5) is 14.4. The summed E-state index contributed by atoms with van der Waals surface area (Å²) in [5.74, 6) is 4.18. The standard InChI is InChI=1S/C20H24N4S2/c1-15-14-17-18(21-9-5-8-16-6-3-2-4-7-16)22-20(23-19(17)26-15)24-10-12-25-13-11-24/h2-4,6-7,14H,5,8-13H2,1H3,(H,21,22,23). The number of nitrogens with zero attached hydrogens (tertiary/aromatic N) is 3. The van der Waals surface area contributed by atoms with E-state index < -0.39 is 0 Å². The zero-order valence-corrected chi connectivity index (χ0v) is 16.7. The predicted molar refractivity (Wildman–Crippen MR) is 115 cm³/mol. The van der Waals surface area contributed by atoms with Crippen molar-refractivity contribution in [1.82, 2.24) is 9.97 Å². The largest absolute Gasteiger partial charge is 0.369 e. The maximum absolute atomic E-state index is 4.88. The number of thiophene rings is 1. The Labute approximate surface area is 163 Å². The molecule has 4 rings (SSSR count). The Hall–Kier alpha value is -1.79. The monoisotopic (exact) mass is 384 g/mol. The molecule has 0 radical (unpaired) electrons. The molecule has 0 amide bonds. The third kappa shape index (κ3) is 4.13. The number of rotatable bonds is 6. The smallest absolute Gasteiger partial charge is 0.228 e. The molecule has 1 fully saturated rings. The molecule has 136 valence electrons. The van der Waals surface area contributed by atoms with E-state index in [0.717, 1.165) is 66.0 Å². The number of hydrogen-bond donors (Lipinski definition) is 1. The van der Waals surface area contributed by atoms with Crippen LogP contribution in [0.25, 0.3) is 10.2 Å². The van der Waals surface area contributed by atoms with E-state index in [9.17, 15) is 0 Å². The van der Waals surface area contributed by atoms with Crippen molar-refractivity contribution < 1.29 is 0 Å². The van der Waals surface area contributed by atoms with Crippen molar-refractivity contribution >= 4 is 45.1 Å². The highest BCUT2D eigenvalue weighted by atomic mass is 32.2. The van der Waals surface area contributed by atoms with Crippen LogP contribution in [0.2, 0.25) is 0 Å². The average Bonchev–Trinajstić information content (AvgIpc) is 3.07. The first-order valence-corrected chi connectivity index (χ1v) is 11.2. The molecule has 1 aliphatic rings. The van der Waals surface area contributed by atoms with Gasteiger partial charge in [-0.15, -0.1) is 11.3 Å². The van der Waals surface area contributed by atoms with E-state index in [-0.39, 0.29) is 0 Å². The second-order valence-electron chi connectivity index (χ2n) is 6.56. The Kier molecular flexibility index (Phi) is 5.60. The van der Waals surface area contributed by atoms with Crippen molar-refractivity contribution in [3.63, 3.8) is 0 Å². The number of nitrogens with one attached hydrogen (secondary N) is 1. The van der Waals surface area contributed by atoms with Gasteiger partial charge in [0.2, 0.25) is 5.95 Å². The molecule has 26 heavy (non-hydrogen) atoms. The summed E-state index contributed by atoms with van der Waals surface area (Å²) < 4.78 is 0. The molecule has 3 heterocycles. The van der Waals surface area contributed by atoms with Gasteiger partial charge < -0.3 is 10.2 Å². The highest BCUT2D eigenvalue weighted by Crippen LogP contribution is 2.31. The van der Waals surface area contributed by atoms with Gasteiger partial charge in [0.1, 0.15) is 10.6 Å². The molecule has 0 spiro atoms. The molecule has 3 aromatic rings. The molecule has 0 aliphatic carbocycles. The number of aryl methyl sites for hydroxylation is 2. The summed E-state index contributed by atoms with van der Waals surface area (Å²) in [7, 11) is 0. The van der Waals surface area contributed by atoms with E-state index in [1.165, 1.54) is 10.4 Å². The second-order valence-corrected chi connectivity index (χ2v) is 9.02. The molecule has 2 aromatic heterocycles. The number of aromatic nitrogens is 2. The Balaban J connectivity index is 1.49. The maximum atomic E-state index is 4.88. The minimum Gasteiger partial charge on any atom is -0.369 e. The highest BCUT2D eigenvalue weighted by Gasteiger charge is 2.17. The van der Waals surface area contributed by atoms with E-state index in [0.29, 0.717) is 0 Å². The van der Waals surface area contributed by atoms with Crippen LogP contribution in [0.1, 0.15) is 16.9 Å². The number of anilines is 2. The van der Waals surface area contributed by atoms with Crippen LogP contribution in [0.4, 0.5) is 11.8 Å². The zero-order valence-electron chi connectivity index (χ0n) is 15.1. The van der Waals surface area contributed by atoms with Gasteiger partial charge in [-0.1, -0.05) is 30.3 Å². The number of benzene rings is 1. The van der Waals surface area contributed by atoms with Gasteiger partial charge in [0, 0.05) is 36.0 Å². The van der Waals surface area contributed by atoms with Crippen LogP contribution in [0, 0.1) is 6.92 Å². The van der Waals surface area contributed by atoms with Gasteiger partial charge >= 0.3 is 0 Å². The van der Waals surface area contributed by atoms with Gasteiger partial charge in [-0.3, -0.25) is 0 Å². The van der Waals surface area contributed by atoms with E-state index >= 15 is 0 Å². The van der Waals surface area contributed by atoms with Crippen LogP contribution in [-0.4, -0.2) is 41.1 Å². The predicted octanol–water partition coefficient (Wildman–Crippen LogP) is 4.60. The Morgan fingerprint density at radius 2 is 1.92 bits per heavy atom. The van der Waals surface area contributed by atoms with Gasteiger partial charge in [0.25, 0.3) is 0 Å². The lowest BCUT2D eigenvalue weighted by molar-refractivity contribution is 0.817. The van der Waals surface area contributed by atoms with Crippen LogP contribution < -0.4 is 10.2 Å².